The van der Waals surface area contributed by atoms with Crippen LogP contribution in [0.25, 0.3) is 0 Å². The van der Waals surface area contributed by atoms with Crippen molar-refractivity contribution in [2.45, 2.75) is 121 Å². The van der Waals surface area contributed by atoms with Crippen LogP contribution in [0.5, 0.6) is 0 Å². The van der Waals surface area contributed by atoms with Gasteiger partial charge < -0.3 is 17.4 Å². The summed E-state index contributed by atoms with van der Waals surface area (Å²) in [5.74, 6) is -2.81. The van der Waals surface area contributed by atoms with Crippen LogP contribution < -0.4 is 0 Å². The third-order valence-electron chi connectivity index (χ3n) is 5.60. The molecule has 1 atom stereocenters. The van der Waals surface area contributed by atoms with E-state index in [2.05, 4.69) is 6.92 Å². The van der Waals surface area contributed by atoms with Gasteiger partial charge in [0.05, 0.1) is 13.0 Å². The molecule has 0 heterocycles. The fourth-order valence-corrected chi connectivity index (χ4v) is 4.28. The minimum absolute atomic E-state index is 0. The molecule has 0 aliphatic carbocycles. The van der Waals surface area contributed by atoms with Gasteiger partial charge in [0.1, 0.15) is 6.61 Å². The van der Waals surface area contributed by atoms with Crippen molar-refractivity contribution in [3.63, 3.8) is 0 Å². The van der Waals surface area contributed by atoms with Gasteiger partial charge in [-0.3, -0.25) is 14.1 Å². The predicted octanol–water partition coefficient (Wildman–Crippen LogP) is 5.38. The van der Waals surface area contributed by atoms with Crippen LogP contribution in [0.3, 0.4) is 0 Å². The summed E-state index contributed by atoms with van der Waals surface area (Å²) >= 11 is 0. The van der Waals surface area contributed by atoms with Gasteiger partial charge in [-0.2, -0.15) is 8.42 Å². The Kier molecular flexibility index (Phi) is 26.4. The number of ether oxygens (including phenoxy) is 2. The normalized spacial score (nSPS) is 12.2. The maximum Gasteiger partial charge on any atom is 2.00 e. The Hall–Kier alpha value is 0.0697. The van der Waals surface area contributed by atoms with Gasteiger partial charge in [-0.15, -0.1) is 0 Å². The number of hydrogen-bond acceptors (Lipinski definition) is 6. The molecule has 0 aromatic rings. The summed E-state index contributed by atoms with van der Waals surface area (Å²) in [4.78, 5) is 22.2. The van der Waals surface area contributed by atoms with Gasteiger partial charge >= 0.3 is 49.7 Å². The fraction of sp³-hybridized carbons (Fsp3) is 0.917. The van der Waals surface area contributed by atoms with Crippen molar-refractivity contribution in [2.75, 3.05) is 19.8 Å². The summed E-state index contributed by atoms with van der Waals surface area (Å²) < 4.78 is 41.1. The summed E-state index contributed by atoms with van der Waals surface area (Å²) in [6.07, 6.45) is 19.6. The van der Waals surface area contributed by atoms with Crippen LogP contribution in [-0.2, 0) is 29.2 Å². The van der Waals surface area contributed by atoms with E-state index in [0.717, 1.165) is 12.8 Å². The first-order valence-electron chi connectivity index (χ1n) is 12.7. The van der Waals surface area contributed by atoms with Crippen LogP contribution in [0.2, 0.25) is 0 Å². The average molecular weight is 537 g/mol. The molecule has 0 saturated carbocycles. The van der Waals surface area contributed by atoms with Crippen LogP contribution in [0.1, 0.15) is 119 Å². The zero-order valence-corrected chi connectivity index (χ0v) is 24.2. The molecule has 1 unspecified atom stereocenters. The Labute approximate surface area is 239 Å². The molecule has 8 nitrogen and oxygen atoms in total. The monoisotopic (exact) mass is 536 g/mol. The molecule has 0 spiro atoms. The van der Waals surface area contributed by atoms with Crippen molar-refractivity contribution in [2.24, 2.45) is 0 Å². The molecule has 0 aromatic heterocycles. The van der Waals surface area contributed by atoms with E-state index in [1.807, 2.05) is 0 Å². The van der Waals surface area contributed by atoms with Crippen LogP contribution in [0.15, 0.2) is 0 Å². The first-order valence-corrected chi connectivity index (χ1v) is 14.2. The number of hydrogen-bond donors (Lipinski definition) is 2. The van der Waals surface area contributed by atoms with Gasteiger partial charge in [-0.1, -0.05) is 103 Å². The zero-order chi connectivity index (χ0) is 24.8. The first-order chi connectivity index (χ1) is 15.8. The minimum atomic E-state index is -4.83. The van der Waals surface area contributed by atoms with Gasteiger partial charge in [-0.05, 0) is 6.42 Å². The van der Waals surface area contributed by atoms with E-state index in [0.29, 0.717) is 6.61 Å². The number of carbonyl (C=O) groups is 2. The fourth-order valence-electron chi connectivity index (χ4n) is 3.62. The smallest absolute Gasteiger partial charge is 1.00 e. The second-order valence-corrected chi connectivity index (χ2v) is 10.3. The molecular weight excluding hydrogens is 488 g/mol. The van der Waals surface area contributed by atoms with E-state index in [1.165, 1.54) is 89.9 Å². The van der Waals surface area contributed by atoms with E-state index >= 15 is 0 Å². The largest absolute Gasteiger partial charge is 2.00 e. The van der Waals surface area contributed by atoms with E-state index in [9.17, 15) is 18.0 Å². The standard InChI is InChI=1S/C24H46O8S.Ca.2H/c1-2-3-4-5-6-7-8-9-10-11-12-13-14-15-16-17-18-31-19-20-32-24(27)22(21-23(25)26)33(28,29)30;;;/h22H,2-21H2,1H3,(H,25,26)(H,28,29,30);;;/q;+2;2*-1. The van der Waals surface area contributed by atoms with Gasteiger partial charge in [0.15, 0.2) is 5.25 Å². The van der Waals surface area contributed by atoms with Crippen molar-refractivity contribution >= 4 is 59.8 Å². The second-order valence-electron chi connectivity index (χ2n) is 8.68. The number of carbonyl (C=O) groups excluding carboxylic acids is 1. The Bertz CT molecular complexity index is 609. The number of carboxylic acids is 1. The average Bonchev–Trinajstić information content (AvgIpc) is 2.75. The predicted molar refractivity (Wildman–Crippen MR) is 137 cm³/mol. The number of carboxylic acid groups (broad SMARTS) is 1. The first kappa shape index (κ1) is 36.2. The van der Waals surface area contributed by atoms with Crippen LogP contribution in [0, 0.1) is 0 Å². The second kappa shape index (κ2) is 24.8. The Balaban J connectivity index is -0.00000171. The molecule has 0 saturated heterocycles. The van der Waals surface area contributed by atoms with E-state index in [1.54, 1.807) is 0 Å². The van der Waals surface area contributed by atoms with Gasteiger partial charge in [-0.25, -0.2) is 0 Å². The van der Waals surface area contributed by atoms with Crippen LogP contribution in [0.4, 0.5) is 0 Å². The van der Waals surface area contributed by atoms with Gasteiger partial charge in [0.25, 0.3) is 10.1 Å². The molecule has 34 heavy (non-hydrogen) atoms. The van der Waals surface area contributed by atoms with E-state index in [4.69, 9.17) is 19.1 Å². The molecule has 10 heteroatoms. The van der Waals surface area contributed by atoms with Crippen LogP contribution in [-0.4, -0.2) is 92.8 Å². The SMILES string of the molecule is CCCCCCCCCCCCCCCCCCOCCOC(=O)C(CC(=O)O)S(=O)(=O)O.[Ca+2].[H-].[H-]. The number of aliphatic carboxylic acids is 1. The number of rotatable bonds is 24. The molecule has 0 amide bonds. The quantitative estimate of drug-likeness (QED) is 0.0728. The summed E-state index contributed by atoms with van der Waals surface area (Å²) in [6.45, 7) is 2.68. The minimum Gasteiger partial charge on any atom is -1.00 e. The molecule has 0 fully saturated rings. The zero-order valence-electron chi connectivity index (χ0n) is 23.2. The molecule has 0 bridgehead atoms. The molecule has 0 aliphatic heterocycles. The van der Waals surface area contributed by atoms with Crippen molar-refractivity contribution in [3.8, 4) is 0 Å². The molecule has 2 N–H and O–H groups in total. The summed E-state index contributed by atoms with van der Waals surface area (Å²) in [7, 11) is -4.83. The Morgan fingerprint density at radius 2 is 1.15 bits per heavy atom. The molecular formula is C24H48CaO8S. The Morgan fingerprint density at radius 1 is 0.735 bits per heavy atom. The number of unbranched alkanes of at least 4 members (excludes halogenated alkanes) is 15. The maximum atomic E-state index is 11.6. The van der Waals surface area contributed by atoms with Gasteiger partial charge in [0, 0.05) is 6.61 Å². The summed E-state index contributed by atoms with van der Waals surface area (Å²) in [5, 5.41) is 6.51. The third-order valence-corrected chi connectivity index (χ3v) is 6.67. The van der Waals surface area contributed by atoms with Crippen molar-refractivity contribution < 1.29 is 40.0 Å². The molecule has 0 radical (unpaired) electrons. The topological polar surface area (TPSA) is 127 Å². The molecule has 200 valence electrons. The molecule has 0 aromatic carbocycles. The summed E-state index contributed by atoms with van der Waals surface area (Å²) in [6, 6.07) is 0. The Morgan fingerprint density at radius 3 is 1.53 bits per heavy atom. The third kappa shape index (κ3) is 23.8. The van der Waals surface area contributed by atoms with Crippen molar-refractivity contribution in [3.05, 3.63) is 0 Å². The van der Waals surface area contributed by atoms with E-state index < -0.39 is 33.7 Å². The molecule has 0 rings (SSSR count). The van der Waals surface area contributed by atoms with Crippen LogP contribution >= 0.6 is 0 Å². The van der Waals surface area contributed by atoms with Gasteiger partial charge in [0.2, 0.25) is 0 Å². The molecule has 0 aliphatic rings. The van der Waals surface area contributed by atoms with E-state index in [-0.39, 0.29) is 53.8 Å². The summed E-state index contributed by atoms with van der Waals surface area (Å²) in [5.41, 5.74) is 0. The maximum absolute atomic E-state index is 11.6. The van der Waals surface area contributed by atoms with Crippen molar-refractivity contribution in [1.82, 2.24) is 0 Å². The number of esters is 1. The van der Waals surface area contributed by atoms with Crippen molar-refractivity contribution in [1.29, 1.82) is 0 Å².